The Bertz CT molecular complexity index is 1820. The molecule has 0 spiro atoms. The number of pyridine rings is 1. The van der Waals surface area contributed by atoms with E-state index >= 15 is 0 Å². The molecule has 9 nitrogen and oxygen atoms in total. The van der Waals surface area contributed by atoms with Crippen LogP contribution in [0.2, 0.25) is 5.02 Å². The van der Waals surface area contributed by atoms with Gasteiger partial charge in [-0.1, -0.05) is 48.0 Å². The van der Waals surface area contributed by atoms with Crippen LogP contribution < -0.4 is 9.47 Å². The van der Waals surface area contributed by atoms with E-state index in [1.807, 2.05) is 55.5 Å². The number of nitrogens with zero attached hydrogens (tertiary/aromatic N) is 4. The average molecular weight is 690 g/mol. The first-order valence-corrected chi connectivity index (χ1v) is 15.6. The van der Waals surface area contributed by atoms with Crippen molar-refractivity contribution in [3.8, 4) is 34.1 Å². The van der Waals surface area contributed by atoms with Crippen LogP contribution >= 0.6 is 27.5 Å². The molecule has 6 rings (SSSR count). The molecule has 3 aromatic carbocycles. The van der Waals surface area contributed by atoms with E-state index < -0.39 is 0 Å². The molecule has 11 heteroatoms. The summed E-state index contributed by atoms with van der Waals surface area (Å²) in [6, 6.07) is 18.9. The molecule has 1 atom stereocenters. The highest BCUT2D eigenvalue weighted by Gasteiger charge is 2.23. The summed E-state index contributed by atoms with van der Waals surface area (Å²) in [7, 11) is 0. The van der Waals surface area contributed by atoms with Gasteiger partial charge in [-0.2, -0.15) is 0 Å². The van der Waals surface area contributed by atoms with Crippen molar-refractivity contribution in [3.63, 3.8) is 0 Å². The second-order valence-electron chi connectivity index (χ2n) is 10.8. The molecule has 1 aliphatic heterocycles. The van der Waals surface area contributed by atoms with Gasteiger partial charge in [0.1, 0.15) is 24.7 Å². The summed E-state index contributed by atoms with van der Waals surface area (Å²) in [6.45, 7) is 4.41. The molecule has 2 aromatic heterocycles. The van der Waals surface area contributed by atoms with Gasteiger partial charge in [0.05, 0.1) is 23.2 Å². The van der Waals surface area contributed by atoms with E-state index in [9.17, 15) is 9.90 Å². The first-order valence-electron chi connectivity index (χ1n) is 14.4. The van der Waals surface area contributed by atoms with Crippen LogP contribution in [-0.4, -0.2) is 50.7 Å². The molecule has 5 aromatic rings. The number of likely N-dealkylation sites (tertiary alicyclic amines) is 1. The van der Waals surface area contributed by atoms with E-state index in [0.717, 1.165) is 50.8 Å². The predicted molar refractivity (Wildman–Crippen MR) is 173 cm³/mol. The molecule has 1 aliphatic rings. The van der Waals surface area contributed by atoms with Crippen LogP contribution in [0.3, 0.4) is 0 Å². The molecule has 0 unspecified atom stereocenters. The van der Waals surface area contributed by atoms with Gasteiger partial charge >= 0.3 is 0 Å². The molecule has 3 heterocycles. The van der Waals surface area contributed by atoms with Crippen molar-refractivity contribution in [1.82, 2.24) is 20.1 Å². The van der Waals surface area contributed by atoms with Gasteiger partial charge in [-0.15, -0.1) is 10.2 Å². The van der Waals surface area contributed by atoms with Crippen molar-refractivity contribution in [2.45, 2.75) is 39.2 Å². The quantitative estimate of drug-likeness (QED) is 0.146. The highest BCUT2D eigenvalue weighted by atomic mass is 79.9. The molecule has 1 N–H and O–H groups in total. The lowest BCUT2D eigenvalue weighted by molar-refractivity contribution is 0.111. The van der Waals surface area contributed by atoms with Gasteiger partial charge in [-0.3, -0.25) is 14.7 Å². The van der Waals surface area contributed by atoms with E-state index in [0.29, 0.717) is 53.2 Å². The fraction of sp³-hybridized carbons (Fsp3) is 0.235. The number of carbonyl (C=O) groups excluding carboxylic acids is 1. The maximum Gasteiger partial charge on any atom is 0.248 e. The van der Waals surface area contributed by atoms with Gasteiger partial charge < -0.3 is 19.0 Å². The summed E-state index contributed by atoms with van der Waals surface area (Å²) in [6.07, 6.45) is 4.55. The molecule has 45 heavy (non-hydrogen) atoms. The average Bonchev–Trinajstić information content (AvgIpc) is 3.69. The first kappa shape index (κ1) is 30.9. The molecule has 230 valence electrons. The third-order valence-corrected chi connectivity index (χ3v) is 8.93. The number of benzene rings is 3. The van der Waals surface area contributed by atoms with Crippen molar-refractivity contribution in [3.05, 3.63) is 111 Å². The number of carbonyl (C=O) groups is 1. The smallest absolute Gasteiger partial charge is 0.248 e. The Morgan fingerprint density at radius 3 is 2.62 bits per heavy atom. The summed E-state index contributed by atoms with van der Waals surface area (Å²) in [5, 5.41) is 18.7. The fourth-order valence-corrected chi connectivity index (χ4v) is 6.13. The SMILES string of the molecule is Cc1c(-c2nnc(CN3CC[C@@H](O)C3)o2)cccc1-c1cccc(COc2cc(OCc3cccnc3)c(C=O)cc2Cl)c1Br. The number of aliphatic hydroxyl groups excluding tert-OH is 1. The minimum atomic E-state index is -0.305. The lowest BCUT2D eigenvalue weighted by atomic mass is 9.95. The molecular formula is C34H30BrClN4O5. The Balaban J connectivity index is 1.20. The number of hydrogen-bond donors (Lipinski definition) is 1. The lowest BCUT2D eigenvalue weighted by Crippen LogP contribution is -2.21. The van der Waals surface area contributed by atoms with Crippen LogP contribution in [0.1, 0.15) is 39.4 Å². The Morgan fingerprint density at radius 2 is 1.84 bits per heavy atom. The number of aliphatic hydroxyl groups is 1. The topological polar surface area (TPSA) is 111 Å². The van der Waals surface area contributed by atoms with Gasteiger partial charge in [0.25, 0.3) is 0 Å². The third-order valence-electron chi connectivity index (χ3n) is 7.70. The molecule has 0 amide bonds. The minimum Gasteiger partial charge on any atom is -0.488 e. The summed E-state index contributed by atoms with van der Waals surface area (Å²) in [5.74, 6) is 1.75. The van der Waals surface area contributed by atoms with Crippen LogP contribution in [0.15, 0.2) is 81.9 Å². The van der Waals surface area contributed by atoms with Crippen LogP contribution in [0.4, 0.5) is 0 Å². The fourth-order valence-electron chi connectivity index (χ4n) is 5.31. The third kappa shape index (κ3) is 7.10. The van der Waals surface area contributed by atoms with E-state index in [-0.39, 0.29) is 19.3 Å². The van der Waals surface area contributed by atoms with Crippen molar-refractivity contribution >= 4 is 33.8 Å². The molecular weight excluding hydrogens is 660 g/mol. The summed E-state index contributed by atoms with van der Waals surface area (Å²) in [4.78, 5) is 17.9. The maximum atomic E-state index is 11.7. The second kappa shape index (κ2) is 13.9. The van der Waals surface area contributed by atoms with Gasteiger partial charge in [-0.05, 0) is 64.2 Å². The monoisotopic (exact) mass is 688 g/mol. The molecule has 1 fully saturated rings. The van der Waals surface area contributed by atoms with Gasteiger partial charge in [0.2, 0.25) is 11.8 Å². The molecule has 0 bridgehead atoms. The lowest BCUT2D eigenvalue weighted by Gasteiger charge is -2.16. The van der Waals surface area contributed by atoms with Crippen LogP contribution in [0.25, 0.3) is 22.6 Å². The number of β-amino-alcohol motifs (C(OH)–C–C–N with tert-alkyl or cyclic N) is 1. The largest absolute Gasteiger partial charge is 0.488 e. The normalized spacial score (nSPS) is 14.9. The number of aromatic nitrogens is 3. The number of hydrogen-bond acceptors (Lipinski definition) is 9. The van der Waals surface area contributed by atoms with Gasteiger partial charge in [0.15, 0.2) is 6.29 Å². The van der Waals surface area contributed by atoms with Crippen molar-refractivity contribution in [2.24, 2.45) is 0 Å². The van der Waals surface area contributed by atoms with Crippen LogP contribution in [-0.2, 0) is 19.8 Å². The minimum absolute atomic E-state index is 0.216. The predicted octanol–water partition coefficient (Wildman–Crippen LogP) is 7.06. The van der Waals surface area contributed by atoms with Gasteiger partial charge in [0, 0.05) is 52.7 Å². The molecule has 0 radical (unpaired) electrons. The Labute approximate surface area is 273 Å². The Morgan fingerprint density at radius 1 is 1.04 bits per heavy atom. The highest BCUT2D eigenvalue weighted by molar-refractivity contribution is 9.10. The van der Waals surface area contributed by atoms with Crippen molar-refractivity contribution in [2.75, 3.05) is 13.1 Å². The van der Waals surface area contributed by atoms with Crippen LogP contribution in [0.5, 0.6) is 11.5 Å². The Hall–Kier alpha value is -4.09. The summed E-state index contributed by atoms with van der Waals surface area (Å²) in [5.41, 5.74) is 5.92. The maximum absolute atomic E-state index is 11.7. The standard InChI is InChI=1S/C34H30BrClN4O5/c1-21-26(7-3-8-27(21)34-39-38-32(45-34)17-40-12-10-25(42)16-40)28-9-2-6-23(33(28)35)20-44-31-14-30(24(18-41)13-29(31)36)43-19-22-5-4-11-37-15-22/h2-9,11,13-15,18,25,42H,10,12,16-17,19-20H2,1H3/t25-/m1/s1. The zero-order valence-corrected chi connectivity index (χ0v) is 26.8. The number of aldehydes is 1. The van der Waals surface area contributed by atoms with E-state index in [1.54, 1.807) is 24.5 Å². The molecule has 0 saturated carbocycles. The number of rotatable bonds is 11. The van der Waals surface area contributed by atoms with E-state index in [2.05, 4.69) is 36.0 Å². The zero-order valence-electron chi connectivity index (χ0n) is 24.5. The first-order chi connectivity index (χ1) is 21.9. The number of halogens is 2. The highest BCUT2D eigenvalue weighted by Crippen LogP contribution is 2.38. The second-order valence-corrected chi connectivity index (χ2v) is 12.0. The van der Waals surface area contributed by atoms with Crippen LogP contribution in [0, 0.1) is 6.92 Å². The number of ether oxygens (including phenoxy) is 2. The van der Waals surface area contributed by atoms with Gasteiger partial charge in [-0.25, -0.2) is 0 Å². The van der Waals surface area contributed by atoms with E-state index in [1.165, 1.54) is 0 Å². The van der Waals surface area contributed by atoms with Crippen molar-refractivity contribution in [1.29, 1.82) is 0 Å². The van der Waals surface area contributed by atoms with Crippen molar-refractivity contribution < 1.29 is 23.8 Å². The molecule has 0 aliphatic carbocycles. The summed E-state index contributed by atoms with van der Waals surface area (Å²) >= 11 is 10.3. The van der Waals surface area contributed by atoms with E-state index in [4.69, 9.17) is 25.5 Å². The zero-order chi connectivity index (χ0) is 31.3. The Kier molecular flexibility index (Phi) is 9.56. The summed E-state index contributed by atoms with van der Waals surface area (Å²) < 4.78 is 19.0. The molecule has 1 saturated heterocycles.